The number of aromatic nitrogens is 1. The molecule has 9 heteroatoms. The molecule has 0 bridgehead atoms. The number of ether oxygens (including phenoxy) is 2. The molecule has 9 nitrogen and oxygen atoms in total. The molecule has 1 saturated heterocycles. The van der Waals surface area contributed by atoms with Crippen molar-refractivity contribution in [3.8, 4) is 11.5 Å². The zero-order valence-electron chi connectivity index (χ0n) is 14.5. The van der Waals surface area contributed by atoms with Crippen LogP contribution in [0.15, 0.2) is 42.6 Å². The highest BCUT2D eigenvalue weighted by molar-refractivity contribution is 5.82. The van der Waals surface area contributed by atoms with Crippen molar-refractivity contribution < 1.29 is 19.2 Å². The van der Waals surface area contributed by atoms with Gasteiger partial charge in [0.1, 0.15) is 18.6 Å². The number of anilines is 1. The molecule has 1 unspecified atom stereocenters. The summed E-state index contributed by atoms with van der Waals surface area (Å²) in [4.78, 5) is 30.9. The lowest BCUT2D eigenvalue weighted by Gasteiger charge is -2.37. The molecule has 1 fully saturated rings. The second-order valence-electron chi connectivity index (χ2n) is 6.31. The Bertz CT molecular complexity index is 849. The van der Waals surface area contributed by atoms with Crippen molar-refractivity contribution in [3.05, 3.63) is 52.7 Å². The second kappa shape index (κ2) is 7.10. The van der Waals surface area contributed by atoms with Gasteiger partial charge in [0, 0.05) is 32.2 Å². The Morgan fingerprint density at radius 2 is 1.85 bits per heavy atom. The van der Waals surface area contributed by atoms with Gasteiger partial charge in [-0.3, -0.25) is 14.9 Å². The van der Waals surface area contributed by atoms with Gasteiger partial charge in [-0.05, 0) is 18.2 Å². The Morgan fingerprint density at radius 3 is 2.52 bits per heavy atom. The SMILES string of the molecule is O=C(C1COc2ccccc2O1)N1CCN(c2ccc([N+](=O)[O-])cn2)CC1. The van der Waals surface area contributed by atoms with E-state index in [0.717, 1.165) is 0 Å². The lowest BCUT2D eigenvalue weighted by molar-refractivity contribution is -0.385. The van der Waals surface area contributed by atoms with E-state index in [4.69, 9.17) is 9.47 Å². The number of hydrogen-bond donors (Lipinski definition) is 0. The number of amides is 1. The van der Waals surface area contributed by atoms with Crippen LogP contribution < -0.4 is 14.4 Å². The van der Waals surface area contributed by atoms with Crippen LogP contribution in [-0.2, 0) is 4.79 Å². The van der Waals surface area contributed by atoms with Gasteiger partial charge in [0.2, 0.25) is 6.10 Å². The Morgan fingerprint density at radius 1 is 1.11 bits per heavy atom. The van der Waals surface area contributed by atoms with Gasteiger partial charge in [-0.1, -0.05) is 12.1 Å². The molecule has 1 aromatic heterocycles. The molecule has 2 aliphatic rings. The van der Waals surface area contributed by atoms with Gasteiger partial charge in [0.15, 0.2) is 11.5 Å². The van der Waals surface area contributed by atoms with Crippen LogP contribution in [-0.4, -0.2) is 59.6 Å². The van der Waals surface area contributed by atoms with Crippen LogP contribution in [0.25, 0.3) is 0 Å². The minimum atomic E-state index is -0.649. The van der Waals surface area contributed by atoms with E-state index < -0.39 is 11.0 Å². The van der Waals surface area contributed by atoms with E-state index in [2.05, 4.69) is 4.98 Å². The number of benzene rings is 1. The Kier molecular flexibility index (Phi) is 4.49. The monoisotopic (exact) mass is 370 g/mol. The summed E-state index contributed by atoms with van der Waals surface area (Å²) in [7, 11) is 0. The van der Waals surface area contributed by atoms with E-state index in [0.29, 0.717) is 43.5 Å². The number of nitro groups is 1. The molecular weight excluding hydrogens is 352 g/mol. The van der Waals surface area contributed by atoms with Gasteiger partial charge in [0.05, 0.1) is 4.92 Å². The van der Waals surface area contributed by atoms with Crippen LogP contribution in [0.4, 0.5) is 11.5 Å². The van der Waals surface area contributed by atoms with Crippen LogP contribution in [0.1, 0.15) is 0 Å². The van der Waals surface area contributed by atoms with Gasteiger partial charge < -0.3 is 19.3 Å². The van der Waals surface area contributed by atoms with Crippen LogP contribution in [0, 0.1) is 10.1 Å². The zero-order valence-corrected chi connectivity index (χ0v) is 14.5. The van der Waals surface area contributed by atoms with Gasteiger partial charge in [-0.25, -0.2) is 4.98 Å². The van der Waals surface area contributed by atoms with E-state index in [1.807, 2.05) is 23.1 Å². The van der Waals surface area contributed by atoms with E-state index in [1.54, 1.807) is 17.0 Å². The van der Waals surface area contributed by atoms with E-state index >= 15 is 0 Å². The summed E-state index contributed by atoms with van der Waals surface area (Å²) in [5.41, 5.74) is -0.0395. The lowest BCUT2D eigenvalue weighted by atomic mass is 10.2. The van der Waals surface area contributed by atoms with Crippen molar-refractivity contribution in [2.75, 3.05) is 37.7 Å². The first-order valence-electron chi connectivity index (χ1n) is 8.64. The molecule has 0 aliphatic carbocycles. The first-order chi connectivity index (χ1) is 13.1. The van der Waals surface area contributed by atoms with Crippen molar-refractivity contribution in [1.82, 2.24) is 9.88 Å². The molecule has 140 valence electrons. The summed E-state index contributed by atoms with van der Waals surface area (Å²) >= 11 is 0. The zero-order chi connectivity index (χ0) is 18.8. The highest BCUT2D eigenvalue weighted by Crippen LogP contribution is 2.31. The second-order valence-corrected chi connectivity index (χ2v) is 6.31. The molecule has 4 rings (SSSR count). The molecule has 0 radical (unpaired) electrons. The lowest BCUT2D eigenvalue weighted by Crippen LogP contribution is -2.54. The molecule has 2 aromatic rings. The molecule has 0 spiro atoms. The molecule has 1 aromatic carbocycles. The topological polar surface area (TPSA) is 98.0 Å². The van der Waals surface area contributed by atoms with Crippen molar-refractivity contribution in [1.29, 1.82) is 0 Å². The first-order valence-corrected chi connectivity index (χ1v) is 8.64. The van der Waals surface area contributed by atoms with Crippen molar-refractivity contribution >= 4 is 17.4 Å². The number of fused-ring (bicyclic) bond motifs is 1. The standard InChI is InChI=1S/C18H18N4O5/c23-18(16-12-26-14-3-1-2-4-15(14)27-16)21-9-7-20(8-10-21)17-6-5-13(11-19-17)22(24)25/h1-6,11,16H,7-10,12H2. The highest BCUT2D eigenvalue weighted by Gasteiger charge is 2.32. The average Bonchev–Trinajstić information content (AvgIpc) is 2.73. The number of para-hydroxylation sites is 2. The first kappa shape index (κ1) is 17.1. The minimum absolute atomic E-state index is 0.0395. The van der Waals surface area contributed by atoms with Gasteiger partial charge in [-0.2, -0.15) is 0 Å². The fraction of sp³-hybridized carbons (Fsp3) is 0.333. The molecule has 27 heavy (non-hydrogen) atoms. The summed E-state index contributed by atoms with van der Waals surface area (Å²) in [6.07, 6.45) is 0.598. The van der Waals surface area contributed by atoms with E-state index in [1.165, 1.54) is 12.3 Å². The summed E-state index contributed by atoms with van der Waals surface area (Å²) < 4.78 is 11.4. The molecule has 0 N–H and O–H groups in total. The van der Waals surface area contributed by atoms with Crippen LogP contribution >= 0.6 is 0 Å². The van der Waals surface area contributed by atoms with Gasteiger partial charge in [-0.15, -0.1) is 0 Å². The van der Waals surface area contributed by atoms with E-state index in [-0.39, 0.29) is 18.2 Å². The average molecular weight is 370 g/mol. The summed E-state index contributed by atoms with van der Waals surface area (Å²) in [5.74, 6) is 1.80. The van der Waals surface area contributed by atoms with Crippen molar-refractivity contribution in [3.63, 3.8) is 0 Å². The smallest absolute Gasteiger partial charge is 0.287 e. The third-order valence-electron chi connectivity index (χ3n) is 4.64. The number of piperazine rings is 1. The molecule has 1 atom stereocenters. The van der Waals surface area contributed by atoms with Gasteiger partial charge in [0.25, 0.3) is 11.6 Å². The number of pyridine rings is 1. The molecule has 2 aliphatic heterocycles. The normalized spacial score (nSPS) is 18.9. The summed E-state index contributed by atoms with van der Waals surface area (Å²) in [6.45, 7) is 2.44. The maximum absolute atomic E-state index is 12.7. The number of carbonyl (C=O) groups is 1. The predicted molar refractivity (Wildman–Crippen MR) is 96.0 cm³/mol. The summed E-state index contributed by atoms with van der Waals surface area (Å²) in [5, 5.41) is 10.7. The Hall–Kier alpha value is -3.36. The van der Waals surface area contributed by atoms with Crippen LogP contribution in [0.2, 0.25) is 0 Å². The maximum Gasteiger partial charge on any atom is 0.287 e. The predicted octanol–water partition coefficient (Wildman–Crippen LogP) is 1.48. The van der Waals surface area contributed by atoms with Gasteiger partial charge >= 0.3 is 0 Å². The number of nitrogens with zero attached hydrogens (tertiary/aromatic N) is 4. The third-order valence-corrected chi connectivity index (χ3v) is 4.64. The Labute approximate surface area is 155 Å². The van der Waals surface area contributed by atoms with Crippen molar-refractivity contribution in [2.24, 2.45) is 0 Å². The quantitative estimate of drug-likeness (QED) is 0.596. The largest absolute Gasteiger partial charge is 0.485 e. The van der Waals surface area contributed by atoms with Crippen molar-refractivity contribution in [2.45, 2.75) is 6.10 Å². The highest BCUT2D eigenvalue weighted by atomic mass is 16.6. The maximum atomic E-state index is 12.7. The number of carbonyl (C=O) groups excluding carboxylic acids is 1. The molecular formula is C18H18N4O5. The minimum Gasteiger partial charge on any atom is -0.485 e. The third kappa shape index (κ3) is 3.48. The fourth-order valence-corrected chi connectivity index (χ4v) is 3.17. The molecule has 1 amide bonds. The number of rotatable bonds is 3. The number of hydrogen-bond acceptors (Lipinski definition) is 7. The van der Waals surface area contributed by atoms with Crippen LogP contribution in [0.5, 0.6) is 11.5 Å². The Balaban J connectivity index is 1.35. The fourth-order valence-electron chi connectivity index (χ4n) is 3.17. The van der Waals surface area contributed by atoms with Crippen LogP contribution in [0.3, 0.4) is 0 Å². The molecule has 0 saturated carbocycles. The summed E-state index contributed by atoms with van der Waals surface area (Å²) in [6, 6.07) is 10.4. The molecule has 3 heterocycles. The van der Waals surface area contributed by atoms with E-state index in [9.17, 15) is 14.9 Å².